The van der Waals surface area contributed by atoms with Gasteiger partial charge in [-0.15, -0.1) is 0 Å². The van der Waals surface area contributed by atoms with Crippen LogP contribution >= 0.6 is 0 Å². The second-order valence-electron chi connectivity index (χ2n) is 6.60. The number of pyridine rings is 1. The van der Waals surface area contributed by atoms with Crippen LogP contribution < -0.4 is 15.9 Å². The number of hydrogen-bond acceptors (Lipinski definition) is 6. The SMILES string of the molecule is C[n+]1ccc(-c2cc3cc4ccc(N)cc4cc3oc2=O)cc1.O=S(=O)([O-])C(F)(F)F. The molecule has 2 heterocycles. The average Bonchev–Trinajstić information content (AvgIpc) is 2.66. The first kappa shape index (κ1) is 22.2. The molecule has 0 aliphatic heterocycles. The molecule has 0 saturated carbocycles. The van der Waals surface area contributed by atoms with Crippen LogP contribution in [0.2, 0.25) is 0 Å². The van der Waals surface area contributed by atoms with Crippen molar-refractivity contribution >= 4 is 37.5 Å². The Morgan fingerprint density at radius 3 is 2.16 bits per heavy atom. The van der Waals surface area contributed by atoms with E-state index in [0.29, 0.717) is 16.8 Å². The van der Waals surface area contributed by atoms with Crippen molar-refractivity contribution in [2.75, 3.05) is 5.73 Å². The Kier molecular flexibility index (Phi) is 5.74. The Labute approximate surface area is 173 Å². The molecule has 7 nitrogen and oxygen atoms in total. The Morgan fingerprint density at radius 2 is 1.58 bits per heavy atom. The minimum absolute atomic E-state index is 0.338. The van der Waals surface area contributed by atoms with Crippen LogP contribution in [-0.2, 0) is 17.2 Å². The summed E-state index contributed by atoms with van der Waals surface area (Å²) in [6.45, 7) is 0. The third-order valence-corrected chi connectivity index (χ3v) is 4.86. The molecule has 4 rings (SSSR count). The first-order chi connectivity index (χ1) is 14.3. The van der Waals surface area contributed by atoms with Gasteiger partial charge in [0.05, 0.1) is 5.56 Å². The third-order valence-electron chi connectivity index (χ3n) is 4.29. The van der Waals surface area contributed by atoms with Gasteiger partial charge >= 0.3 is 11.1 Å². The molecule has 0 fully saturated rings. The zero-order valence-electron chi connectivity index (χ0n) is 15.9. The Hall–Kier alpha value is -3.44. The lowest BCUT2D eigenvalue weighted by molar-refractivity contribution is -0.671. The number of alkyl halides is 3. The number of hydrogen-bond donors (Lipinski definition) is 1. The highest BCUT2D eigenvalue weighted by atomic mass is 32.2. The molecule has 0 spiro atoms. The number of nitrogens with zero attached hydrogens (tertiary/aromatic N) is 1. The summed E-state index contributed by atoms with van der Waals surface area (Å²) in [6, 6.07) is 15.3. The molecule has 2 N–H and O–H groups in total. The molecule has 2 aromatic carbocycles. The van der Waals surface area contributed by atoms with Crippen LogP contribution in [-0.4, -0.2) is 18.5 Å². The van der Waals surface area contributed by atoms with Gasteiger partial charge in [0.1, 0.15) is 12.6 Å². The second kappa shape index (κ2) is 8.00. The molecule has 0 aliphatic rings. The first-order valence-corrected chi connectivity index (χ1v) is 10.0. The first-order valence-electron chi connectivity index (χ1n) is 8.60. The van der Waals surface area contributed by atoms with Crippen molar-refractivity contribution in [3.8, 4) is 11.1 Å². The van der Waals surface area contributed by atoms with E-state index >= 15 is 0 Å². The summed E-state index contributed by atoms with van der Waals surface area (Å²) < 4.78 is 66.3. The van der Waals surface area contributed by atoms with E-state index < -0.39 is 15.6 Å². The molecule has 0 aliphatic carbocycles. The van der Waals surface area contributed by atoms with Gasteiger partial charge in [-0.2, -0.15) is 13.2 Å². The van der Waals surface area contributed by atoms with Crippen molar-refractivity contribution in [2.45, 2.75) is 5.51 Å². The molecule has 162 valence electrons. The van der Waals surface area contributed by atoms with Gasteiger partial charge < -0.3 is 14.7 Å². The molecular weight excluding hydrogens is 437 g/mol. The zero-order valence-corrected chi connectivity index (χ0v) is 16.7. The van der Waals surface area contributed by atoms with Crippen molar-refractivity contribution in [2.24, 2.45) is 7.05 Å². The second-order valence-corrected chi connectivity index (χ2v) is 7.97. The van der Waals surface area contributed by atoms with Crippen LogP contribution in [0.1, 0.15) is 0 Å². The maximum absolute atomic E-state index is 12.3. The molecule has 11 heteroatoms. The standard InChI is InChI=1S/C19H14N2O2.CHF3O3S/c1-21-6-4-12(5-7-21)17-10-15-8-13-2-3-16(20)9-14(13)11-18(15)23-19(17)22;2-1(3,4)8(5,6)7/h2-11,20H,1H3;(H,5,6,7). The summed E-state index contributed by atoms with van der Waals surface area (Å²) in [5.41, 5.74) is 2.49. The minimum Gasteiger partial charge on any atom is -0.741 e. The van der Waals surface area contributed by atoms with Gasteiger partial charge in [-0.05, 0) is 41.1 Å². The van der Waals surface area contributed by atoms with Crippen LogP contribution in [0.4, 0.5) is 18.9 Å². The third kappa shape index (κ3) is 5.01. The van der Waals surface area contributed by atoms with Gasteiger partial charge in [-0.1, -0.05) is 6.07 Å². The predicted octanol–water partition coefficient (Wildman–Crippen LogP) is 3.07. The maximum atomic E-state index is 12.3. The summed E-state index contributed by atoms with van der Waals surface area (Å²) in [6.07, 6.45) is 3.81. The molecule has 31 heavy (non-hydrogen) atoms. The van der Waals surface area contributed by atoms with E-state index in [0.717, 1.165) is 21.7 Å². The summed E-state index contributed by atoms with van der Waals surface area (Å²) in [5, 5.41) is 2.91. The number of rotatable bonds is 1. The van der Waals surface area contributed by atoms with Crippen molar-refractivity contribution in [3.05, 3.63) is 71.3 Å². The molecule has 2 aromatic heterocycles. The summed E-state index contributed by atoms with van der Waals surface area (Å²) in [5.74, 6) is 0. The van der Waals surface area contributed by atoms with Gasteiger partial charge in [0, 0.05) is 28.8 Å². The largest absolute Gasteiger partial charge is 0.741 e. The number of benzene rings is 2. The topological polar surface area (TPSA) is 117 Å². The lowest BCUT2D eigenvalue weighted by Gasteiger charge is -2.08. The Morgan fingerprint density at radius 1 is 0.968 bits per heavy atom. The van der Waals surface area contributed by atoms with Crippen LogP contribution in [0.15, 0.2) is 70.1 Å². The van der Waals surface area contributed by atoms with Crippen LogP contribution in [0, 0.1) is 0 Å². The molecule has 0 unspecified atom stereocenters. The average molecular weight is 452 g/mol. The van der Waals surface area contributed by atoms with E-state index in [1.54, 1.807) is 0 Å². The predicted molar refractivity (Wildman–Crippen MR) is 107 cm³/mol. The van der Waals surface area contributed by atoms with Crippen molar-refractivity contribution in [1.82, 2.24) is 0 Å². The highest BCUT2D eigenvalue weighted by molar-refractivity contribution is 7.86. The summed E-state index contributed by atoms with van der Waals surface area (Å²) >= 11 is 0. The van der Waals surface area contributed by atoms with Crippen LogP contribution in [0.5, 0.6) is 0 Å². The van der Waals surface area contributed by atoms with Crippen molar-refractivity contribution in [3.63, 3.8) is 0 Å². The van der Waals surface area contributed by atoms with Crippen molar-refractivity contribution in [1.29, 1.82) is 0 Å². The summed E-state index contributed by atoms with van der Waals surface area (Å²) in [4.78, 5) is 12.3. The number of nitrogen functional groups attached to an aromatic ring is 1. The zero-order chi connectivity index (χ0) is 23.0. The number of fused-ring (bicyclic) bond motifs is 2. The van der Waals surface area contributed by atoms with Gasteiger partial charge in [0.25, 0.3) is 0 Å². The Bertz CT molecular complexity index is 1430. The number of aromatic nitrogens is 1. The van der Waals surface area contributed by atoms with Crippen molar-refractivity contribution < 1.29 is 35.1 Å². The highest BCUT2D eigenvalue weighted by Gasteiger charge is 2.36. The van der Waals surface area contributed by atoms with E-state index in [1.807, 2.05) is 72.5 Å². The van der Waals surface area contributed by atoms with E-state index in [-0.39, 0.29) is 5.63 Å². The fraction of sp³-hybridized carbons (Fsp3) is 0.100. The minimum atomic E-state index is -6.09. The fourth-order valence-electron chi connectivity index (χ4n) is 2.77. The van der Waals surface area contributed by atoms with Crippen LogP contribution in [0.3, 0.4) is 0 Å². The number of aryl methyl sites for hydroxylation is 1. The lowest BCUT2D eigenvalue weighted by Crippen LogP contribution is -2.25. The number of halogens is 3. The summed E-state index contributed by atoms with van der Waals surface area (Å²) in [7, 11) is -4.16. The molecule has 0 amide bonds. The van der Waals surface area contributed by atoms with Gasteiger partial charge in [0.15, 0.2) is 22.5 Å². The maximum Gasteiger partial charge on any atom is 0.485 e. The van der Waals surface area contributed by atoms with E-state index in [4.69, 9.17) is 23.1 Å². The van der Waals surface area contributed by atoms with E-state index in [9.17, 15) is 18.0 Å². The van der Waals surface area contributed by atoms with E-state index in [2.05, 4.69) is 0 Å². The lowest BCUT2D eigenvalue weighted by atomic mass is 10.0. The van der Waals surface area contributed by atoms with Crippen LogP contribution in [0.25, 0.3) is 32.9 Å². The highest BCUT2D eigenvalue weighted by Crippen LogP contribution is 2.26. The van der Waals surface area contributed by atoms with Gasteiger partial charge in [-0.3, -0.25) is 0 Å². The van der Waals surface area contributed by atoms with E-state index in [1.165, 1.54) is 0 Å². The molecule has 0 radical (unpaired) electrons. The number of nitrogens with two attached hydrogens (primary N) is 1. The normalized spacial score (nSPS) is 11.9. The number of anilines is 1. The molecule has 0 bridgehead atoms. The smallest absolute Gasteiger partial charge is 0.485 e. The molecule has 0 saturated heterocycles. The Balaban J connectivity index is 0.000000293. The quantitative estimate of drug-likeness (QED) is 0.118. The van der Waals surface area contributed by atoms with Gasteiger partial charge in [-0.25, -0.2) is 17.8 Å². The van der Waals surface area contributed by atoms with Gasteiger partial charge in [0.2, 0.25) is 0 Å². The fourth-order valence-corrected chi connectivity index (χ4v) is 2.77. The molecular formula is C20H15F3N2O5S. The molecule has 0 atom stereocenters. The monoisotopic (exact) mass is 452 g/mol. The molecule has 4 aromatic rings.